The molecule has 4 rings (SSSR count). The van der Waals surface area contributed by atoms with Crippen LogP contribution in [-0.4, -0.2) is 68.0 Å². The van der Waals surface area contributed by atoms with E-state index in [1.54, 1.807) is 29.5 Å². The molecule has 3 heterocycles. The average molecular weight is 568 g/mol. The van der Waals surface area contributed by atoms with Crippen LogP contribution in [0.15, 0.2) is 35.8 Å². The van der Waals surface area contributed by atoms with Crippen molar-refractivity contribution in [2.24, 2.45) is 0 Å². The Labute approximate surface area is 230 Å². The van der Waals surface area contributed by atoms with E-state index in [4.69, 9.17) is 34.8 Å². The van der Waals surface area contributed by atoms with Crippen LogP contribution in [0.2, 0.25) is 15.1 Å². The normalized spacial score (nSPS) is 14.6. The second kappa shape index (κ2) is 12.0. The van der Waals surface area contributed by atoms with Gasteiger partial charge in [0, 0.05) is 62.9 Å². The number of anilines is 3. The van der Waals surface area contributed by atoms with Gasteiger partial charge < -0.3 is 20.4 Å². The zero-order valence-electron chi connectivity index (χ0n) is 20.4. The van der Waals surface area contributed by atoms with Crippen LogP contribution in [0.3, 0.4) is 0 Å². The standard InChI is InChI=1S/C25H29Cl3N6OS/c1-32(2)20-11-18(27)10-19(25(35)31-22-5-4-17(26)12-29-22)24(20)30-13-21-23(28)16(15-36-21)14-34-8-6-33(3)7-9-34/h4-5,10-12,15,30H,6-9,13-14H2,1-3H3,(H,29,31,35). The van der Waals surface area contributed by atoms with Gasteiger partial charge in [0.1, 0.15) is 5.82 Å². The van der Waals surface area contributed by atoms with Crippen LogP contribution in [0.4, 0.5) is 17.2 Å². The summed E-state index contributed by atoms with van der Waals surface area (Å²) in [6, 6.07) is 6.80. The number of amides is 1. The molecule has 1 amide bonds. The van der Waals surface area contributed by atoms with E-state index >= 15 is 0 Å². The lowest BCUT2D eigenvalue weighted by Crippen LogP contribution is -2.43. The minimum absolute atomic E-state index is 0.328. The lowest BCUT2D eigenvalue weighted by atomic mass is 10.1. The average Bonchev–Trinajstić information content (AvgIpc) is 3.19. The summed E-state index contributed by atoms with van der Waals surface area (Å²) >= 11 is 20.7. The lowest BCUT2D eigenvalue weighted by molar-refractivity contribution is 0.102. The molecule has 0 atom stereocenters. The van der Waals surface area contributed by atoms with Crippen molar-refractivity contribution in [3.63, 3.8) is 0 Å². The van der Waals surface area contributed by atoms with Crippen LogP contribution in [-0.2, 0) is 13.1 Å². The Kier molecular flexibility index (Phi) is 8.98. The number of nitrogens with one attached hydrogen (secondary N) is 2. The summed E-state index contributed by atoms with van der Waals surface area (Å²) in [5.74, 6) is 0.0718. The Hall–Kier alpha value is -2.07. The summed E-state index contributed by atoms with van der Waals surface area (Å²) < 4.78 is 0. The number of pyridine rings is 1. The molecule has 1 aliphatic heterocycles. The first-order chi connectivity index (χ1) is 17.2. The van der Waals surface area contributed by atoms with Gasteiger partial charge >= 0.3 is 0 Å². The molecule has 7 nitrogen and oxygen atoms in total. The predicted molar refractivity (Wildman–Crippen MR) is 152 cm³/mol. The first kappa shape index (κ1) is 27.0. The van der Waals surface area contributed by atoms with E-state index in [1.165, 1.54) is 6.20 Å². The van der Waals surface area contributed by atoms with Crippen molar-refractivity contribution in [1.82, 2.24) is 14.8 Å². The number of rotatable bonds is 8. The van der Waals surface area contributed by atoms with Gasteiger partial charge in [-0.3, -0.25) is 9.69 Å². The molecule has 0 bridgehead atoms. The lowest BCUT2D eigenvalue weighted by Gasteiger charge is -2.32. The molecule has 36 heavy (non-hydrogen) atoms. The van der Waals surface area contributed by atoms with Gasteiger partial charge in [0.25, 0.3) is 5.91 Å². The van der Waals surface area contributed by atoms with E-state index in [9.17, 15) is 4.79 Å². The molecular formula is C25H29Cl3N6OS. The fourth-order valence-corrected chi connectivity index (χ4v) is 5.58. The summed E-state index contributed by atoms with van der Waals surface area (Å²) in [5, 5.41) is 10.1. The topological polar surface area (TPSA) is 63.7 Å². The summed E-state index contributed by atoms with van der Waals surface area (Å²) in [4.78, 5) is 25.1. The molecule has 1 aromatic carbocycles. The first-order valence-corrected chi connectivity index (χ1v) is 13.6. The van der Waals surface area contributed by atoms with Gasteiger partial charge in [-0.2, -0.15) is 0 Å². The van der Waals surface area contributed by atoms with Crippen LogP contribution in [0.5, 0.6) is 0 Å². The Morgan fingerprint density at radius 3 is 2.53 bits per heavy atom. The highest BCUT2D eigenvalue weighted by molar-refractivity contribution is 7.10. The third-order valence-corrected chi connectivity index (χ3v) is 8.12. The number of nitrogens with zero attached hydrogens (tertiary/aromatic N) is 4. The van der Waals surface area contributed by atoms with Crippen molar-refractivity contribution in [3.8, 4) is 0 Å². The maximum Gasteiger partial charge on any atom is 0.259 e. The highest BCUT2D eigenvalue weighted by atomic mass is 35.5. The Morgan fingerprint density at radius 2 is 1.86 bits per heavy atom. The number of halogens is 3. The molecule has 3 aromatic rings. The molecule has 1 fully saturated rings. The largest absolute Gasteiger partial charge is 0.378 e. The quantitative estimate of drug-likeness (QED) is 0.360. The maximum absolute atomic E-state index is 13.2. The third-order valence-electron chi connectivity index (χ3n) is 6.06. The number of thiophene rings is 1. The molecule has 0 saturated carbocycles. The first-order valence-electron chi connectivity index (χ1n) is 11.5. The van der Waals surface area contributed by atoms with E-state index in [-0.39, 0.29) is 5.91 Å². The molecular weight excluding hydrogens is 539 g/mol. The molecule has 1 aliphatic rings. The number of carbonyl (C=O) groups is 1. The van der Waals surface area contributed by atoms with Gasteiger partial charge in [-0.05, 0) is 42.3 Å². The number of likely N-dealkylation sites (N-methyl/N-ethyl adjacent to an activating group) is 1. The zero-order valence-corrected chi connectivity index (χ0v) is 23.5. The molecule has 0 radical (unpaired) electrons. The van der Waals surface area contributed by atoms with Gasteiger partial charge in [0.05, 0.1) is 33.5 Å². The highest BCUT2D eigenvalue weighted by Crippen LogP contribution is 2.35. The van der Waals surface area contributed by atoms with E-state index < -0.39 is 0 Å². The SMILES string of the molecule is CN1CCN(Cc2csc(CNc3c(C(=O)Nc4ccc(Cl)cn4)cc(Cl)cc3N(C)C)c2Cl)CC1. The number of hydrogen-bond donors (Lipinski definition) is 2. The van der Waals surface area contributed by atoms with Gasteiger partial charge in [-0.15, -0.1) is 11.3 Å². The van der Waals surface area contributed by atoms with Crippen molar-refractivity contribution in [2.75, 3.05) is 62.9 Å². The molecule has 11 heteroatoms. The number of carbonyl (C=O) groups excluding carboxylic acids is 1. The van der Waals surface area contributed by atoms with Crippen molar-refractivity contribution < 1.29 is 4.79 Å². The highest BCUT2D eigenvalue weighted by Gasteiger charge is 2.21. The monoisotopic (exact) mass is 566 g/mol. The van der Waals surface area contributed by atoms with Crippen LogP contribution in [0.1, 0.15) is 20.8 Å². The molecule has 0 spiro atoms. The number of aromatic nitrogens is 1. The van der Waals surface area contributed by atoms with E-state index in [0.717, 1.165) is 53.9 Å². The van der Waals surface area contributed by atoms with Gasteiger partial charge in [-0.25, -0.2) is 4.98 Å². The second-order valence-electron chi connectivity index (χ2n) is 8.99. The van der Waals surface area contributed by atoms with Crippen molar-refractivity contribution in [3.05, 3.63) is 66.9 Å². The second-order valence-corrected chi connectivity index (χ2v) is 11.2. The van der Waals surface area contributed by atoms with Crippen LogP contribution in [0, 0.1) is 0 Å². The van der Waals surface area contributed by atoms with Crippen molar-refractivity contribution in [1.29, 1.82) is 0 Å². The van der Waals surface area contributed by atoms with Crippen LogP contribution in [0.25, 0.3) is 0 Å². The third kappa shape index (κ3) is 6.62. The number of benzene rings is 1. The smallest absolute Gasteiger partial charge is 0.259 e. The summed E-state index contributed by atoms with van der Waals surface area (Å²) in [6.07, 6.45) is 1.48. The van der Waals surface area contributed by atoms with E-state index in [2.05, 4.69) is 37.8 Å². The molecule has 2 N–H and O–H groups in total. The maximum atomic E-state index is 13.2. The number of hydrogen-bond acceptors (Lipinski definition) is 7. The molecule has 0 aliphatic carbocycles. The fourth-order valence-electron chi connectivity index (χ4n) is 4.01. The van der Waals surface area contributed by atoms with Gasteiger partial charge in [0.2, 0.25) is 0 Å². The molecule has 0 unspecified atom stereocenters. The minimum atomic E-state index is -0.328. The van der Waals surface area contributed by atoms with E-state index in [1.807, 2.05) is 25.1 Å². The van der Waals surface area contributed by atoms with Crippen molar-refractivity contribution in [2.45, 2.75) is 13.1 Å². The van der Waals surface area contributed by atoms with Gasteiger partial charge in [-0.1, -0.05) is 34.8 Å². The van der Waals surface area contributed by atoms with Crippen LogP contribution >= 0.6 is 46.1 Å². The Bertz CT molecular complexity index is 1210. The molecule has 2 aromatic heterocycles. The number of piperazine rings is 1. The Balaban J connectivity index is 1.53. The minimum Gasteiger partial charge on any atom is -0.378 e. The zero-order chi connectivity index (χ0) is 25.8. The van der Waals surface area contributed by atoms with Crippen LogP contribution < -0.4 is 15.5 Å². The Morgan fingerprint density at radius 1 is 1.11 bits per heavy atom. The fraction of sp³-hybridized carbons (Fsp3) is 0.360. The molecule has 1 saturated heterocycles. The van der Waals surface area contributed by atoms with Crippen molar-refractivity contribution >= 4 is 69.2 Å². The summed E-state index contributed by atoms with van der Waals surface area (Å²) in [6.45, 7) is 5.53. The predicted octanol–water partition coefficient (Wildman–Crippen LogP) is 5.78. The van der Waals surface area contributed by atoms with E-state index in [0.29, 0.717) is 33.7 Å². The summed E-state index contributed by atoms with van der Waals surface area (Å²) in [5.41, 5.74) is 3.01. The summed E-state index contributed by atoms with van der Waals surface area (Å²) in [7, 11) is 5.97. The molecule has 192 valence electrons. The van der Waals surface area contributed by atoms with Gasteiger partial charge in [0.15, 0.2) is 0 Å².